The maximum absolute atomic E-state index is 12.6. The molecule has 0 amide bonds. The molecular formula is C16H27NO3S. The van der Waals surface area contributed by atoms with Crippen molar-refractivity contribution in [1.29, 1.82) is 0 Å². The molecule has 0 aliphatic heterocycles. The molecule has 0 radical (unpaired) electrons. The van der Waals surface area contributed by atoms with Crippen molar-refractivity contribution in [2.75, 3.05) is 0 Å². The molecule has 4 nitrogen and oxygen atoms in total. The van der Waals surface area contributed by atoms with E-state index in [1.807, 2.05) is 27.7 Å². The van der Waals surface area contributed by atoms with Crippen LogP contribution in [0.25, 0.3) is 0 Å². The van der Waals surface area contributed by atoms with Gasteiger partial charge >= 0.3 is 0 Å². The van der Waals surface area contributed by atoms with Crippen molar-refractivity contribution in [1.82, 2.24) is 4.72 Å². The number of hydrogen-bond acceptors (Lipinski definition) is 3. The first-order valence-electron chi connectivity index (χ1n) is 7.64. The van der Waals surface area contributed by atoms with E-state index in [-0.39, 0.29) is 11.5 Å². The van der Waals surface area contributed by atoms with Crippen molar-refractivity contribution < 1.29 is 13.5 Å². The van der Waals surface area contributed by atoms with Gasteiger partial charge in [-0.15, -0.1) is 0 Å². The van der Waals surface area contributed by atoms with Gasteiger partial charge in [-0.2, -0.15) is 0 Å². The van der Waals surface area contributed by atoms with E-state index >= 15 is 0 Å². The lowest BCUT2D eigenvalue weighted by Crippen LogP contribution is -2.46. The fourth-order valence-corrected chi connectivity index (χ4v) is 4.24. The Labute approximate surface area is 128 Å². The summed E-state index contributed by atoms with van der Waals surface area (Å²) in [5, 5.41) is 9.40. The quantitative estimate of drug-likeness (QED) is 0.775. The molecular weight excluding hydrogens is 286 g/mol. The monoisotopic (exact) mass is 313 g/mol. The minimum atomic E-state index is -3.57. The van der Waals surface area contributed by atoms with Crippen LogP contribution in [0.15, 0.2) is 23.1 Å². The number of benzene rings is 1. The molecule has 0 aromatic heterocycles. The zero-order chi connectivity index (χ0) is 16.1. The highest BCUT2D eigenvalue weighted by Gasteiger charge is 2.30. The van der Waals surface area contributed by atoms with E-state index < -0.39 is 15.6 Å². The summed E-state index contributed by atoms with van der Waals surface area (Å²) in [5.74, 6) is 0. The molecule has 5 heteroatoms. The van der Waals surface area contributed by atoms with E-state index in [0.29, 0.717) is 5.56 Å². The first-order valence-corrected chi connectivity index (χ1v) is 9.13. The summed E-state index contributed by atoms with van der Waals surface area (Å²) in [4.78, 5) is 0.225. The zero-order valence-electron chi connectivity index (χ0n) is 13.4. The summed E-state index contributed by atoms with van der Waals surface area (Å²) in [6, 6.07) is 4.98. The Balaban J connectivity index is 3.19. The summed E-state index contributed by atoms with van der Waals surface area (Å²) in [5.41, 5.74) is 1.25. The molecule has 0 aliphatic rings. The highest BCUT2D eigenvalue weighted by Crippen LogP contribution is 2.24. The average Bonchev–Trinajstić information content (AvgIpc) is 2.51. The van der Waals surface area contributed by atoms with Crippen LogP contribution in [0.4, 0.5) is 0 Å². The molecule has 0 heterocycles. The van der Waals surface area contributed by atoms with Crippen LogP contribution in [0, 0.1) is 0 Å². The molecule has 0 saturated heterocycles. The topological polar surface area (TPSA) is 66.4 Å². The average molecular weight is 313 g/mol. The Bertz CT molecular complexity index is 555. The Kier molecular flexibility index (Phi) is 6.38. The van der Waals surface area contributed by atoms with Crippen molar-refractivity contribution >= 4 is 10.0 Å². The molecule has 2 N–H and O–H groups in total. The van der Waals surface area contributed by atoms with Crippen LogP contribution in [0.2, 0.25) is 0 Å². The third-order valence-electron chi connectivity index (χ3n) is 4.42. The maximum atomic E-state index is 12.6. The maximum Gasteiger partial charge on any atom is 0.241 e. The molecule has 0 spiro atoms. The number of aliphatic hydroxyl groups is 1. The van der Waals surface area contributed by atoms with Crippen molar-refractivity contribution in [2.24, 2.45) is 0 Å². The lowest BCUT2D eigenvalue weighted by atomic mass is 9.91. The van der Waals surface area contributed by atoms with Crippen LogP contribution in [0.5, 0.6) is 0 Å². The van der Waals surface area contributed by atoms with Gasteiger partial charge in [-0.05, 0) is 48.9 Å². The van der Waals surface area contributed by atoms with Gasteiger partial charge in [0.1, 0.15) is 0 Å². The van der Waals surface area contributed by atoms with Gasteiger partial charge in [0.25, 0.3) is 0 Å². The second-order valence-corrected chi connectivity index (χ2v) is 7.07. The lowest BCUT2D eigenvalue weighted by Gasteiger charge is -2.31. The summed E-state index contributed by atoms with van der Waals surface area (Å²) in [6.07, 6.45) is 3.02. The number of aryl methyl sites for hydroxylation is 1. The smallest absolute Gasteiger partial charge is 0.241 e. The van der Waals surface area contributed by atoms with Crippen molar-refractivity contribution in [2.45, 2.75) is 70.4 Å². The summed E-state index contributed by atoms with van der Waals surface area (Å²) in [6.45, 7) is 7.82. The fraction of sp³-hybridized carbons (Fsp3) is 0.625. The van der Waals surface area contributed by atoms with Gasteiger partial charge in [0.2, 0.25) is 10.0 Å². The predicted octanol–water partition coefficient (Wildman–Crippen LogP) is 2.99. The van der Waals surface area contributed by atoms with E-state index in [9.17, 15) is 13.5 Å². The first kappa shape index (κ1) is 18.1. The van der Waals surface area contributed by atoms with Crippen LogP contribution in [0.3, 0.4) is 0 Å². The number of nitrogens with one attached hydrogen (secondary N) is 1. The standard InChI is InChI=1S/C16H27NO3S/c1-5-13-9-10-15(11-14(13)12-18)21(19,20)17-16(6-2,7-3)8-4/h9-11,17-18H,5-8,12H2,1-4H3. The Morgan fingerprint density at radius 2 is 1.62 bits per heavy atom. The highest BCUT2D eigenvalue weighted by atomic mass is 32.2. The first-order chi connectivity index (χ1) is 9.87. The molecule has 1 aromatic carbocycles. The fourth-order valence-electron chi connectivity index (χ4n) is 2.57. The van der Waals surface area contributed by atoms with Gasteiger partial charge in [0.15, 0.2) is 0 Å². The van der Waals surface area contributed by atoms with E-state index in [2.05, 4.69) is 4.72 Å². The number of sulfonamides is 1. The predicted molar refractivity (Wildman–Crippen MR) is 85.7 cm³/mol. The van der Waals surface area contributed by atoms with Gasteiger partial charge in [0.05, 0.1) is 11.5 Å². The van der Waals surface area contributed by atoms with E-state index in [0.717, 1.165) is 31.2 Å². The molecule has 1 aromatic rings. The Hall–Kier alpha value is -0.910. The molecule has 1 rings (SSSR count). The van der Waals surface area contributed by atoms with Crippen LogP contribution in [-0.4, -0.2) is 19.1 Å². The van der Waals surface area contributed by atoms with E-state index in [1.165, 1.54) is 0 Å². The number of aliphatic hydroxyl groups excluding tert-OH is 1. The molecule has 0 saturated carbocycles. The van der Waals surface area contributed by atoms with E-state index in [1.54, 1.807) is 18.2 Å². The van der Waals surface area contributed by atoms with Crippen molar-refractivity contribution in [3.8, 4) is 0 Å². The third kappa shape index (κ3) is 4.05. The summed E-state index contributed by atoms with van der Waals surface area (Å²) < 4.78 is 28.1. The molecule has 21 heavy (non-hydrogen) atoms. The molecule has 0 aliphatic carbocycles. The van der Waals surface area contributed by atoms with Gasteiger partial charge in [-0.1, -0.05) is 33.8 Å². The third-order valence-corrected chi connectivity index (χ3v) is 6.00. The normalized spacial score (nSPS) is 12.6. The lowest BCUT2D eigenvalue weighted by molar-refractivity contribution is 0.280. The minimum Gasteiger partial charge on any atom is -0.392 e. The largest absolute Gasteiger partial charge is 0.392 e. The molecule has 0 fully saturated rings. The SMILES string of the molecule is CCc1ccc(S(=O)(=O)NC(CC)(CC)CC)cc1CO. The Morgan fingerprint density at radius 1 is 1.05 bits per heavy atom. The number of rotatable bonds is 8. The van der Waals surface area contributed by atoms with Crippen LogP contribution >= 0.6 is 0 Å². The van der Waals surface area contributed by atoms with Crippen LogP contribution in [-0.2, 0) is 23.1 Å². The minimum absolute atomic E-state index is 0.146. The van der Waals surface area contributed by atoms with Gasteiger partial charge in [-0.25, -0.2) is 13.1 Å². The second kappa shape index (κ2) is 7.38. The van der Waals surface area contributed by atoms with Gasteiger partial charge in [0, 0.05) is 5.54 Å². The summed E-state index contributed by atoms with van der Waals surface area (Å²) >= 11 is 0. The van der Waals surface area contributed by atoms with E-state index in [4.69, 9.17) is 0 Å². The van der Waals surface area contributed by atoms with Crippen LogP contribution < -0.4 is 4.72 Å². The molecule has 0 atom stereocenters. The zero-order valence-corrected chi connectivity index (χ0v) is 14.3. The van der Waals surface area contributed by atoms with Crippen LogP contribution in [0.1, 0.15) is 58.1 Å². The van der Waals surface area contributed by atoms with Gasteiger partial charge < -0.3 is 5.11 Å². The molecule has 120 valence electrons. The second-order valence-electron chi connectivity index (χ2n) is 5.39. The van der Waals surface area contributed by atoms with Crippen molar-refractivity contribution in [3.63, 3.8) is 0 Å². The van der Waals surface area contributed by atoms with Crippen molar-refractivity contribution in [3.05, 3.63) is 29.3 Å². The molecule has 0 bridgehead atoms. The summed E-state index contributed by atoms with van der Waals surface area (Å²) in [7, 11) is -3.57. The number of hydrogen-bond donors (Lipinski definition) is 2. The Morgan fingerprint density at radius 3 is 2.05 bits per heavy atom. The highest BCUT2D eigenvalue weighted by molar-refractivity contribution is 7.89. The van der Waals surface area contributed by atoms with Gasteiger partial charge in [-0.3, -0.25) is 0 Å². The molecule has 0 unspecified atom stereocenters.